The molecular formula is C24H21NO4. The van der Waals surface area contributed by atoms with Gasteiger partial charge in [0.05, 0.1) is 17.5 Å². The van der Waals surface area contributed by atoms with Crippen LogP contribution in [0.3, 0.4) is 0 Å². The molecule has 0 spiro atoms. The molecule has 5 heteroatoms. The molecule has 5 rings (SSSR count). The van der Waals surface area contributed by atoms with Gasteiger partial charge in [-0.2, -0.15) is 0 Å². The standard InChI is InChI=1S/C24H21NO4/c1-14(22(26)15-7-3-2-4-8-15)29-19-10-6-5-9-18(19)25-23(27)20-16-11-12-17(13-16)21(20)24(25)28/h2-12,14,16-17,20-21H,13H2,1H3/t14-,16-,17-,20+,21+/m0/s1. The second-order valence-electron chi connectivity index (χ2n) is 7.97. The van der Waals surface area contributed by atoms with Gasteiger partial charge in [-0.25, -0.2) is 4.90 Å². The van der Waals surface area contributed by atoms with Crippen molar-refractivity contribution in [3.05, 3.63) is 72.3 Å². The molecule has 29 heavy (non-hydrogen) atoms. The van der Waals surface area contributed by atoms with Crippen LogP contribution in [0.1, 0.15) is 23.7 Å². The van der Waals surface area contributed by atoms with Crippen LogP contribution in [0.4, 0.5) is 5.69 Å². The fraction of sp³-hybridized carbons (Fsp3) is 0.292. The van der Waals surface area contributed by atoms with Crippen LogP contribution in [-0.4, -0.2) is 23.7 Å². The molecule has 5 atom stereocenters. The zero-order valence-electron chi connectivity index (χ0n) is 16.0. The topological polar surface area (TPSA) is 63.7 Å². The Balaban J connectivity index is 1.43. The summed E-state index contributed by atoms with van der Waals surface area (Å²) in [6.07, 6.45) is 4.29. The number of ketones is 1. The number of imide groups is 1. The van der Waals surface area contributed by atoms with E-state index >= 15 is 0 Å². The van der Waals surface area contributed by atoms with E-state index in [1.54, 1.807) is 55.5 Å². The summed E-state index contributed by atoms with van der Waals surface area (Å²) in [5, 5.41) is 0. The highest BCUT2D eigenvalue weighted by molar-refractivity contribution is 6.23. The zero-order valence-corrected chi connectivity index (χ0v) is 16.0. The third kappa shape index (κ3) is 2.72. The van der Waals surface area contributed by atoms with E-state index in [1.165, 1.54) is 4.90 Å². The Morgan fingerprint density at radius 1 is 0.931 bits per heavy atom. The first kappa shape index (κ1) is 17.9. The molecule has 146 valence electrons. The minimum Gasteiger partial charge on any atom is -0.480 e. The number of nitrogens with zero attached hydrogens (tertiary/aromatic N) is 1. The van der Waals surface area contributed by atoms with Crippen molar-refractivity contribution in [2.45, 2.75) is 19.4 Å². The first-order chi connectivity index (χ1) is 14.1. The average Bonchev–Trinajstić information content (AvgIpc) is 3.42. The SMILES string of the molecule is C[C@H](Oc1ccccc1N1C(=O)[C@H]2[C@H](C1=O)[C@H]1C=C[C@H]2C1)C(=O)c1ccccc1. The summed E-state index contributed by atoms with van der Waals surface area (Å²) in [4.78, 5) is 40.2. The number of hydrogen-bond acceptors (Lipinski definition) is 4. The van der Waals surface area contributed by atoms with Crippen LogP contribution in [0.5, 0.6) is 5.75 Å². The minimum atomic E-state index is -0.747. The second kappa shape index (κ2) is 6.69. The molecule has 1 saturated carbocycles. The number of benzene rings is 2. The second-order valence-corrected chi connectivity index (χ2v) is 7.97. The Morgan fingerprint density at radius 3 is 2.17 bits per heavy atom. The summed E-state index contributed by atoms with van der Waals surface area (Å²) < 4.78 is 5.95. The number of carbonyl (C=O) groups excluding carboxylic acids is 3. The number of anilines is 1. The molecule has 3 aliphatic rings. The van der Waals surface area contributed by atoms with Crippen LogP contribution in [0, 0.1) is 23.7 Å². The maximum atomic E-state index is 13.1. The Kier molecular flexibility index (Phi) is 4.12. The van der Waals surface area contributed by atoms with E-state index in [4.69, 9.17) is 4.74 Å². The van der Waals surface area contributed by atoms with Gasteiger partial charge in [0.1, 0.15) is 5.75 Å². The van der Waals surface area contributed by atoms with Gasteiger partial charge in [0.15, 0.2) is 6.10 Å². The summed E-state index contributed by atoms with van der Waals surface area (Å²) in [6.45, 7) is 1.68. The van der Waals surface area contributed by atoms with Crippen LogP contribution < -0.4 is 9.64 Å². The molecule has 1 saturated heterocycles. The highest BCUT2D eigenvalue weighted by atomic mass is 16.5. The lowest BCUT2D eigenvalue weighted by Gasteiger charge is -2.22. The maximum Gasteiger partial charge on any atom is 0.238 e. The number of allylic oxidation sites excluding steroid dienone is 2. The quantitative estimate of drug-likeness (QED) is 0.446. The van der Waals surface area contributed by atoms with E-state index in [9.17, 15) is 14.4 Å². The Bertz CT molecular complexity index is 998. The number of carbonyl (C=O) groups is 3. The number of amides is 2. The first-order valence-electron chi connectivity index (χ1n) is 9.97. The monoisotopic (exact) mass is 387 g/mol. The predicted octanol–water partition coefficient (Wildman–Crippen LogP) is 3.65. The van der Waals surface area contributed by atoms with Crippen molar-refractivity contribution < 1.29 is 19.1 Å². The summed E-state index contributed by atoms with van der Waals surface area (Å²) in [5.74, 6) is -0.339. The molecule has 0 radical (unpaired) electrons. The summed E-state index contributed by atoms with van der Waals surface area (Å²) in [5.41, 5.74) is 0.979. The number of Topliss-reactive ketones (excluding diaryl/α,β-unsaturated/α-hetero) is 1. The summed E-state index contributed by atoms with van der Waals surface area (Å²) >= 11 is 0. The molecule has 0 unspecified atom stereocenters. The van der Waals surface area contributed by atoms with Crippen molar-refractivity contribution >= 4 is 23.3 Å². The third-order valence-corrected chi connectivity index (χ3v) is 6.31. The van der Waals surface area contributed by atoms with E-state index in [2.05, 4.69) is 12.2 Å². The fourth-order valence-corrected chi connectivity index (χ4v) is 4.96. The van der Waals surface area contributed by atoms with Gasteiger partial charge in [-0.3, -0.25) is 14.4 Å². The smallest absolute Gasteiger partial charge is 0.238 e. The van der Waals surface area contributed by atoms with Gasteiger partial charge in [0.25, 0.3) is 0 Å². The lowest BCUT2D eigenvalue weighted by atomic mass is 9.85. The van der Waals surface area contributed by atoms with Crippen molar-refractivity contribution in [3.63, 3.8) is 0 Å². The van der Waals surface area contributed by atoms with Crippen LogP contribution in [0.2, 0.25) is 0 Å². The maximum absolute atomic E-state index is 13.1. The third-order valence-electron chi connectivity index (χ3n) is 6.31. The highest BCUT2D eigenvalue weighted by Gasteiger charge is 2.59. The van der Waals surface area contributed by atoms with Crippen molar-refractivity contribution in [1.29, 1.82) is 0 Å². The molecule has 2 fully saturated rings. The van der Waals surface area contributed by atoms with Crippen molar-refractivity contribution in [3.8, 4) is 5.75 Å². The normalized spacial score (nSPS) is 28.0. The van der Waals surface area contributed by atoms with Crippen LogP contribution in [0.15, 0.2) is 66.7 Å². The fourth-order valence-electron chi connectivity index (χ4n) is 4.96. The van der Waals surface area contributed by atoms with E-state index < -0.39 is 6.10 Å². The lowest BCUT2D eigenvalue weighted by molar-refractivity contribution is -0.123. The molecule has 1 aliphatic heterocycles. The first-order valence-corrected chi connectivity index (χ1v) is 9.97. The van der Waals surface area contributed by atoms with Crippen LogP contribution >= 0.6 is 0 Å². The summed E-state index contributed by atoms with van der Waals surface area (Å²) in [6, 6.07) is 15.9. The minimum absolute atomic E-state index is 0.151. The molecule has 0 N–H and O–H groups in total. The van der Waals surface area contributed by atoms with Gasteiger partial charge in [0.2, 0.25) is 17.6 Å². The molecule has 2 bridgehead atoms. The lowest BCUT2D eigenvalue weighted by Crippen LogP contribution is -2.34. The van der Waals surface area contributed by atoms with Gasteiger partial charge in [-0.05, 0) is 37.3 Å². The Labute approximate surface area is 169 Å². The number of hydrogen-bond donors (Lipinski definition) is 0. The van der Waals surface area contributed by atoms with Gasteiger partial charge in [-0.1, -0.05) is 54.6 Å². The van der Waals surface area contributed by atoms with Crippen LogP contribution in [-0.2, 0) is 9.59 Å². The van der Waals surface area contributed by atoms with Crippen molar-refractivity contribution in [2.75, 3.05) is 4.90 Å². The summed E-state index contributed by atoms with van der Waals surface area (Å²) in [7, 11) is 0. The van der Waals surface area contributed by atoms with Gasteiger partial charge < -0.3 is 4.74 Å². The number of rotatable bonds is 5. The van der Waals surface area contributed by atoms with Gasteiger partial charge >= 0.3 is 0 Å². The van der Waals surface area contributed by atoms with E-state index in [1.807, 2.05) is 6.07 Å². The predicted molar refractivity (Wildman–Crippen MR) is 108 cm³/mol. The zero-order chi connectivity index (χ0) is 20.1. The van der Waals surface area contributed by atoms with E-state index in [0.29, 0.717) is 17.0 Å². The molecule has 2 aromatic carbocycles. The molecule has 5 nitrogen and oxygen atoms in total. The average molecular weight is 387 g/mol. The molecular weight excluding hydrogens is 366 g/mol. The largest absolute Gasteiger partial charge is 0.480 e. The molecule has 1 heterocycles. The van der Waals surface area contributed by atoms with Crippen molar-refractivity contribution in [2.24, 2.45) is 23.7 Å². The molecule has 0 aromatic heterocycles. The van der Waals surface area contributed by atoms with E-state index in [-0.39, 0.29) is 41.3 Å². The molecule has 2 aromatic rings. The van der Waals surface area contributed by atoms with Gasteiger partial charge in [0, 0.05) is 5.56 Å². The Morgan fingerprint density at radius 2 is 1.52 bits per heavy atom. The van der Waals surface area contributed by atoms with Crippen LogP contribution in [0.25, 0.3) is 0 Å². The highest BCUT2D eigenvalue weighted by Crippen LogP contribution is 2.53. The molecule has 2 amide bonds. The van der Waals surface area contributed by atoms with Crippen molar-refractivity contribution in [1.82, 2.24) is 0 Å². The molecule has 2 aliphatic carbocycles. The van der Waals surface area contributed by atoms with E-state index in [0.717, 1.165) is 6.42 Å². The number of fused-ring (bicyclic) bond motifs is 5. The Hall–Kier alpha value is -3.21. The number of ether oxygens (including phenoxy) is 1. The van der Waals surface area contributed by atoms with Gasteiger partial charge in [-0.15, -0.1) is 0 Å². The number of para-hydroxylation sites is 2.